The van der Waals surface area contributed by atoms with Gasteiger partial charge in [-0.1, -0.05) is 17.7 Å². The van der Waals surface area contributed by atoms with Gasteiger partial charge >= 0.3 is 6.61 Å². The topological polar surface area (TPSA) is 48.5 Å². The number of rotatable bonds is 3. The summed E-state index contributed by atoms with van der Waals surface area (Å²) >= 11 is 5.94. The summed E-state index contributed by atoms with van der Waals surface area (Å²) in [6, 6.07) is 7.32. The Hall–Kier alpha value is -2.41. The molecular weight excluding hydrogens is 304 g/mol. The van der Waals surface area contributed by atoms with Crippen molar-refractivity contribution in [2.24, 2.45) is 0 Å². The molecule has 8 heteroatoms. The third kappa shape index (κ3) is 2.47. The highest BCUT2D eigenvalue weighted by atomic mass is 35.5. The van der Waals surface area contributed by atoms with E-state index in [9.17, 15) is 13.6 Å². The standard InChI is InChI=1S/C13H8ClF2N3O2/c14-10-4-5-19-11(10)12(20)18(7-17-19)8-2-1-3-9(6-8)21-13(15)16/h1-7,13H. The van der Waals surface area contributed by atoms with E-state index in [1.807, 2.05) is 0 Å². The molecule has 2 aromatic heterocycles. The maximum atomic E-state index is 12.4. The maximum absolute atomic E-state index is 12.4. The molecular formula is C13H8ClF2N3O2. The van der Waals surface area contributed by atoms with E-state index in [0.29, 0.717) is 5.69 Å². The Morgan fingerprint density at radius 3 is 2.86 bits per heavy atom. The number of hydrogen-bond donors (Lipinski definition) is 0. The lowest BCUT2D eigenvalue weighted by molar-refractivity contribution is -0.0498. The lowest BCUT2D eigenvalue weighted by atomic mass is 10.3. The summed E-state index contributed by atoms with van der Waals surface area (Å²) in [6.45, 7) is -2.93. The first-order chi connectivity index (χ1) is 10.1. The van der Waals surface area contributed by atoms with Gasteiger partial charge in [0.05, 0.1) is 10.7 Å². The molecule has 0 fully saturated rings. The Bertz CT molecular complexity index is 860. The number of fused-ring (bicyclic) bond motifs is 1. The van der Waals surface area contributed by atoms with E-state index >= 15 is 0 Å². The van der Waals surface area contributed by atoms with Gasteiger partial charge in [0.25, 0.3) is 5.56 Å². The van der Waals surface area contributed by atoms with Gasteiger partial charge in [-0.3, -0.25) is 9.36 Å². The minimum Gasteiger partial charge on any atom is -0.435 e. The fourth-order valence-electron chi connectivity index (χ4n) is 1.96. The second-order valence-corrected chi connectivity index (χ2v) is 4.55. The van der Waals surface area contributed by atoms with E-state index < -0.39 is 12.2 Å². The van der Waals surface area contributed by atoms with Crippen molar-refractivity contribution in [3.63, 3.8) is 0 Å². The molecule has 0 spiro atoms. The molecule has 0 unspecified atom stereocenters. The smallest absolute Gasteiger partial charge is 0.387 e. The van der Waals surface area contributed by atoms with Gasteiger partial charge < -0.3 is 4.74 Å². The third-order valence-corrected chi connectivity index (χ3v) is 3.16. The monoisotopic (exact) mass is 311 g/mol. The van der Waals surface area contributed by atoms with Crippen LogP contribution in [0.2, 0.25) is 5.02 Å². The largest absolute Gasteiger partial charge is 0.435 e. The first-order valence-electron chi connectivity index (χ1n) is 5.86. The predicted octanol–water partition coefficient (Wildman–Crippen LogP) is 2.74. The van der Waals surface area contributed by atoms with Crippen molar-refractivity contribution in [3.8, 4) is 11.4 Å². The Morgan fingerprint density at radius 1 is 1.29 bits per heavy atom. The van der Waals surface area contributed by atoms with Crippen LogP contribution in [0.1, 0.15) is 0 Å². The van der Waals surface area contributed by atoms with E-state index in [0.717, 1.165) is 0 Å². The average Bonchev–Trinajstić information content (AvgIpc) is 2.81. The van der Waals surface area contributed by atoms with Crippen LogP contribution in [0.3, 0.4) is 0 Å². The number of benzene rings is 1. The zero-order valence-corrected chi connectivity index (χ0v) is 11.2. The Kier molecular flexibility index (Phi) is 3.34. The van der Waals surface area contributed by atoms with Crippen LogP contribution >= 0.6 is 11.6 Å². The van der Waals surface area contributed by atoms with Crippen LogP contribution in [0.25, 0.3) is 11.2 Å². The maximum Gasteiger partial charge on any atom is 0.387 e. The molecule has 0 aliphatic carbocycles. The third-order valence-electron chi connectivity index (χ3n) is 2.85. The molecule has 0 radical (unpaired) electrons. The molecule has 108 valence electrons. The van der Waals surface area contributed by atoms with Gasteiger partial charge in [-0.15, -0.1) is 0 Å². The van der Waals surface area contributed by atoms with E-state index in [1.54, 1.807) is 18.3 Å². The first-order valence-corrected chi connectivity index (χ1v) is 6.24. The molecule has 21 heavy (non-hydrogen) atoms. The van der Waals surface area contributed by atoms with Crippen LogP contribution < -0.4 is 10.3 Å². The summed E-state index contributed by atoms with van der Waals surface area (Å²) in [5.74, 6) is -0.0456. The summed E-state index contributed by atoms with van der Waals surface area (Å²) < 4.78 is 31.3. The molecule has 2 heterocycles. The number of hydrogen-bond acceptors (Lipinski definition) is 3. The molecule has 0 saturated carbocycles. The second-order valence-electron chi connectivity index (χ2n) is 4.14. The molecule has 0 atom stereocenters. The predicted molar refractivity (Wildman–Crippen MR) is 72.4 cm³/mol. The molecule has 0 amide bonds. The fourth-order valence-corrected chi connectivity index (χ4v) is 2.19. The zero-order chi connectivity index (χ0) is 15.0. The lowest BCUT2D eigenvalue weighted by Gasteiger charge is -2.09. The average molecular weight is 312 g/mol. The molecule has 0 aliphatic heterocycles. The van der Waals surface area contributed by atoms with Crippen LogP contribution in [-0.2, 0) is 0 Å². The number of halogens is 3. The van der Waals surface area contributed by atoms with Crippen LogP contribution in [0.4, 0.5) is 8.78 Å². The summed E-state index contributed by atoms with van der Waals surface area (Å²) in [5.41, 5.74) is 0.152. The second kappa shape index (κ2) is 5.17. The highest BCUT2D eigenvalue weighted by Gasteiger charge is 2.11. The Morgan fingerprint density at radius 2 is 2.10 bits per heavy atom. The van der Waals surface area contributed by atoms with Gasteiger partial charge in [0.15, 0.2) is 0 Å². The number of aromatic nitrogens is 3. The van der Waals surface area contributed by atoms with Gasteiger partial charge in [0.2, 0.25) is 0 Å². The summed E-state index contributed by atoms with van der Waals surface area (Å²) in [7, 11) is 0. The van der Waals surface area contributed by atoms with Crippen molar-refractivity contribution < 1.29 is 13.5 Å². The van der Waals surface area contributed by atoms with E-state index in [-0.39, 0.29) is 16.3 Å². The minimum absolute atomic E-state index is 0.0456. The summed E-state index contributed by atoms with van der Waals surface area (Å²) in [4.78, 5) is 12.4. The van der Waals surface area contributed by atoms with Gasteiger partial charge in [-0.2, -0.15) is 13.9 Å². The van der Waals surface area contributed by atoms with Crippen molar-refractivity contribution in [2.75, 3.05) is 0 Å². The van der Waals surface area contributed by atoms with Crippen LogP contribution in [-0.4, -0.2) is 20.8 Å². The quantitative estimate of drug-likeness (QED) is 0.747. The highest BCUT2D eigenvalue weighted by molar-refractivity contribution is 6.33. The van der Waals surface area contributed by atoms with E-state index in [2.05, 4.69) is 9.84 Å². The molecule has 3 rings (SSSR count). The number of nitrogens with zero attached hydrogens (tertiary/aromatic N) is 3. The molecule has 1 aromatic carbocycles. The molecule has 0 aliphatic rings. The lowest BCUT2D eigenvalue weighted by Crippen LogP contribution is -2.21. The van der Waals surface area contributed by atoms with Crippen LogP contribution in [0, 0.1) is 0 Å². The molecule has 0 N–H and O–H groups in total. The molecule has 3 aromatic rings. The van der Waals surface area contributed by atoms with Crippen molar-refractivity contribution in [2.45, 2.75) is 6.61 Å². The fraction of sp³-hybridized carbons (Fsp3) is 0.0769. The Labute approximate surface area is 121 Å². The van der Waals surface area contributed by atoms with Crippen molar-refractivity contribution >= 4 is 17.1 Å². The van der Waals surface area contributed by atoms with Gasteiger partial charge in [0.1, 0.15) is 17.6 Å². The number of ether oxygens (including phenoxy) is 1. The Balaban J connectivity index is 2.14. The first kappa shape index (κ1) is 13.6. The van der Waals surface area contributed by atoms with Crippen molar-refractivity contribution in [1.82, 2.24) is 14.2 Å². The van der Waals surface area contributed by atoms with Crippen LogP contribution in [0.5, 0.6) is 5.75 Å². The summed E-state index contributed by atoms with van der Waals surface area (Å²) in [6.07, 6.45) is 2.84. The van der Waals surface area contributed by atoms with Gasteiger partial charge in [-0.25, -0.2) is 4.52 Å². The normalized spacial score (nSPS) is 11.2. The highest BCUT2D eigenvalue weighted by Crippen LogP contribution is 2.19. The zero-order valence-electron chi connectivity index (χ0n) is 10.4. The molecule has 5 nitrogen and oxygen atoms in total. The van der Waals surface area contributed by atoms with Crippen molar-refractivity contribution in [1.29, 1.82) is 0 Å². The van der Waals surface area contributed by atoms with Crippen LogP contribution in [0.15, 0.2) is 47.7 Å². The molecule has 0 bridgehead atoms. The van der Waals surface area contributed by atoms with Crippen molar-refractivity contribution in [3.05, 3.63) is 58.2 Å². The minimum atomic E-state index is -2.93. The van der Waals surface area contributed by atoms with Gasteiger partial charge in [0, 0.05) is 12.3 Å². The number of alkyl halides is 2. The summed E-state index contributed by atoms with van der Waals surface area (Å²) in [5, 5.41) is 4.30. The van der Waals surface area contributed by atoms with E-state index in [1.165, 1.54) is 33.6 Å². The molecule has 0 saturated heterocycles. The SMILES string of the molecule is O=c1c2c(Cl)ccn2ncn1-c1cccc(OC(F)F)c1. The van der Waals surface area contributed by atoms with Gasteiger partial charge in [-0.05, 0) is 18.2 Å². The van der Waals surface area contributed by atoms with E-state index in [4.69, 9.17) is 11.6 Å².